The lowest BCUT2D eigenvalue weighted by molar-refractivity contribution is 0.00578. The average Bonchev–Trinajstić information content (AvgIpc) is 3.12. The van der Waals surface area contributed by atoms with Crippen molar-refractivity contribution in [2.75, 3.05) is 13.2 Å². The predicted octanol–water partition coefficient (Wildman–Crippen LogP) is 4.65. The molecule has 0 atom stereocenters. The van der Waals surface area contributed by atoms with Crippen LogP contribution in [0.2, 0.25) is 0 Å². The fourth-order valence-corrected chi connectivity index (χ4v) is 4.05. The van der Waals surface area contributed by atoms with E-state index in [9.17, 15) is 14.4 Å². The summed E-state index contributed by atoms with van der Waals surface area (Å²) in [6.45, 7) is 9.84. The van der Waals surface area contributed by atoms with E-state index >= 15 is 0 Å². The lowest BCUT2D eigenvalue weighted by Crippen LogP contribution is -2.41. The fourth-order valence-electron chi connectivity index (χ4n) is 4.05. The third-order valence-electron chi connectivity index (χ3n) is 6.96. The second kappa shape index (κ2) is 11.5. The minimum absolute atomic E-state index is 0.0699. The van der Waals surface area contributed by atoms with Gasteiger partial charge in [-0.05, 0) is 63.4 Å². The molecule has 10 heteroatoms. The number of ether oxygens (including phenoxy) is 2. The Hall–Kier alpha value is -3.89. The Bertz CT molecular complexity index is 1430. The van der Waals surface area contributed by atoms with Crippen molar-refractivity contribution in [3.8, 4) is 0 Å². The number of rotatable bonds is 8. The van der Waals surface area contributed by atoms with Crippen LogP contribution in [0.4, 0.5) is 4.79 Å². The smallest absolute Gasteiger partial charge is 0.462 e. The summed E-state index contributed by atoms with van der Waals surface area (Å²) in [6.07, 6.45) is 2.57. The van der Waals surface area contributed by atoms with Crippen molar-refractivity contribution in [3.63, 3.8) is 0 Å². The number of amides is 1. The molecule has 1 fully saturated rings. The quantitative estimate of drug-likeness (QED) is 0.321. The van der Waals surface area contributed by atoms with E-state index in [1.54, 1.807) is 25.1 Å². The number of fused-ring (bicyclic) bond motifs is 1. The van der Waals surface area contributed by atoms with Gasteiger partial charge in [0.1, 0.15) is 12.2 Å². The first-order valence-electron chi connectivity index (χ1n) is 12.8. The summed E-state index contributed by atoms with van der Waals surface area (Å²) < 4.78 is 22.8. The van der Waals surface area contributed by atoms with E-state index < -0.39 is 35.8 Å². The van der Waals surface area contributed by atoms with Crippen LogP contribution in [0, 0.1) is 0 Å². The number of carbonyl (C=O) groups excluding carboxylic acids is 2. The predicted molar refractivity (Wildman–Crippen MR) is 149 cm³/mol. The van der Waals surface area contributed by atoms with E-state index in [1.807, 2.05) is 64.1 Å². The third kappa shape index (κ3) is 6.41. The van der Waals surface area contributed by atoms with Crippen molar-refractivity contribution in [2.45, 2.75) is 52.4 Å². The van der Waals surface area contributed by atoms with Gasteiger partial charge in [0, 0.05) is 23.6 Å². The molecule has 4 rings (SSSR count). The maximum absolute atomic E-state index is 13.0. The number of alkyl carbamates (subject to hydrolysis) is 1. The molecule has 2 N–H and O–H groups in total. The van der Waals surface area contributed by atoms with Gasteiger partial charge >= 0.3 is 19.2 Å². The van der Waals surface area contributed by atoms with Crippen LogP contribution in [0.5, 0.6) is 0 Å². The molecular formula is C29H33BN2O7. The second-order valence-electron chi connectivity index (χ2n) is 10.3. The maximum Gasteiger partial charge on any atom is 0.492 e. The maximum atomic E-state index is 13.0. The monoisotopic (exact) mass is 532 g/mol. The first-order valence-corrected chi connectivity index (χ1v) is 12.8. The largest absolute Gasteiger partial charge is 0.492 e. The van der Waals surface area contributed by atoms with Crippen LogP contribution in [0.1, 0.15) is 56.1 Å². The Kier molecular flexibility index (Phi) is 8.27. The van der Waals surface area contributed by atoms with Gasteiger partial charge in [0.2, 0.25) is 5.43 Å². The van der Waals surface area contributed by atoms with Crippen molar-refractivity contribution in [2.24, 2.45) is 0 Å². The van der Waals surface area contributed by atoms with Crippen LogP contribution in [0.3, 0.4) is 0 Å². The van der Waals surface area contributed by atoms with Crippen molar-refractivity contribution in [1.29, 1.82) is 0 Å². The van der Waals surface area contributed by atoms with E-state index in [0.717, 1.165) is 5.56 Å². The first kappa shape index (κ1) is 28.1. The van der Waals surface area contributed by atoms with Gasteiger partial charge in [0.15, 0.2) is 0 Å². The van der Waals surface area contributed by atoms with Crippen molar-refractivity contribution >= 4 is 36.2 Å². The zero-order valence-electron chi connectivity index (χ0n) is 22.8. The Morgan fingerprint density at radius 2 is 1.72 bits per heavy atom. The Labute approximate surface area is 227 Å². The molecule has 2 aromatic carbocycles. The summed E-state index contributed by atoms with van der Waals surface area (Å²) in [5.74, 6) is -0.683. The standard InChI is InChI=1S/C29H33BN2O7/c1-6-36-26(34)23-17-31-24-13-12-20(15-22(24)25(23)33)14-21(30-38-28(2,3)29(4,5)39-30)16-32-27(35)37-18-19-10-8-7-9-11-19/h7-15,17H,6,16,18H2,1-5H3,(H,31,33)(H,32,35). The summed E-state index contributed by atoms with van der Waals surface area (Å²) in [5, 5.41) is 3.10. The van der Waals surface area contributed by atoms with Crippen LogP contribution >= 0.6 is 0 Å². The highest BCUT2D eigenvalue weighted by atomic mass is 16.7. The van der Waals surface area contributed by atoms with E-state index in [-0.39, 0.29) is 25.3 Å². The van der Waals surface area contributed by atoms with Gasteiger partial charge in [-0.15, -0.1) is 0 Å². The molecule has 2 heterocycles. The minimum atomic E-state index is -0.746. The Morgan fingerprint density at radius 3 is 2.38 bits per heavy atom. The Balaban J connectivity index is 1.61. The van der Waals surface area contributed by atoms with Gasteiger partial charge < -0.3 is 29.1 Å². The number of hydrogen-bond donors (Lipinski definition) is 2. The van der Waals surface area contributed by atoms with Crippen LogP contribution in [0.25, 0.3) is 17.0 Å². The molecule has 1 aliphatic heterocycles. The van der Waals surface area contributed by atoms with Crippen LogP contribution in [-0.2, 0) is 25.4 Å². The molecule has 0 saturated carbocycles. The highest BCUT2D eigenvalue weighted by Crippen LogP contribution is 2.38. The number of esters is 1. The molecule has 3 aromatic rings. The van der Waals surface area contributed by atoms with Crippen molar-refractivity contribution < 1.29 is 28.4 Å². The molecule has 9 nitrogen and oxygen atoms in total. The van der Waals surface area contributed by atoms with Crippen molar-refractivity contribution in [3.05, 3.63) is 87.1 Å². The summed E-state index contributed by atoms with van der Waals surface area (Å²) in [6, 6.07) is 14.6. The van der Waals surface area contributed by atoms with E-state index in [2.05, 4.69) is 10.3 Å². The van der Waals surface area contributed by atoms with Crippen LogP contribution < -0.4 is 10.7 Å². The molecule has 204 valence electrons. The van der Waals surface area contributed by atoms with Gasteiger partial charge in [-0.1, -0.05) is 42.5 Å². The van der Waals surface area contributed by atoms with Gasteiger partial charge in [-0.2, -0.15) is 0 Å². The van der Waals surface area contributed by atoms with Crippen LogP contribution in [-0.4, -0.2) is 48.5 Å². The number of nitrogens with one attached hydrogen (secondary N) is 2. The first-order chi connectivity index (χ1) is 18.5. The highest BCUT2D eigenvalue weighted by molar-refractivity contribution is 6.56. The summed E-state index contributed by atoms with van der Waals surface area (Å²) in [5.41, 5.74) is 1.04. The second-order valence-corrected chi connectivity index (χ2v) is 10.3. The molecule has 0 radical (unpaired) electrons. The summed E-state index contributed by atoms with van der Waals surface area (Å²) in [4.78, 5) is 40.7. The fraction of sp³-hybridized carbons (Fsp3) is 0.345. The molecule has 1 amide bonds. The van der Waals surface area contributed by atoms with Crippen LogP contribution in [0.15, 0.2) is 65.0 Å². The lowest BCUT2D eigenvalue weighted by atomic mass is 9.77. The number of H-pyrrole nitrogens is 1. The van der Waals surface area contributed by atoms with Gasteiger partial charge in [0.05, 0.1) is 17.8 Å². The topological polar surface area (TPSA) is 116 Å². The van der Waals surface area contributed by atoms with E-state index in [0.29, 0.717) is 21.9 Å². The minimum Gasteiger partial charge on any atom is -0.462 e. The molecule has 1 aliphatic rings. The normalized spacial score (nSPS) is 16.2. The summed E-state index contributed by atoms with van der Waals surface area (Å²) >= 11 is 0. The molecule has 39 heavy (non-hydrogen) atoms. The molecule has 0 unspecified atom stereocenters. The number of aromatic nitrogens is 1. The molecule has 1 aromatic heterocycles. The van der Waals surface area contributed by atoms with E-state index in [1.165, 1.54) is 6.20 Å². The van der Waals surface area contributed by atoms with Crippen molar-refractivity contribution in [1.82, 2.24) is 10.3 Å². The molecular weight excluding hydrogens is 499 g/mol. The summed E-state index contributed by atoms with van der Waals surface area (Å²) in [7, 11) is -0.746. The molecule has 0 bridgehead atoms. The van der Waals surface area contributed by atoms with E-state index in [4.69, 9.17) is 18.8 Å². The lowest BCUT2D eigenvalue weighted by Gasteiger charge is -2.32. The Morgan fingerprint density at radius 1 is 1.03 bits per heavy atom. The highest BCUT2D eigenvalue weighted by Gasteiger charge is 2.52. The average molecular weight is 532 g/mol. The van der Waals surface area contributed by atoms with Gasteiger partial charge in [-0.25, -0.2) is 9.59 Å². The number of aromatic amines is 1. The third-order valence-corrected chi connectivity index (χ3v) is 6.96. The molecule has 0 spiro atoms. The molecule has 1 saturated heterocycles. The number of pyridine rings is 1. The number of carbonyl (C=O) groups is 2. The van der Waals surface area contributed by atoms with Gasteiger partial charge in [-0.3, -0.25) is 4.79 Å². The SMILES string of the molecule is CCOC(=O)c1c[nH]c2ccc(C=C(CNC(=O)OCc3ccccc3)B3OC(C)(C)C(C)(C)O3)cc2c1=O. The van der Waals surface area contributed by atoms with Gasteiger partial charge in [0.25, 0.3) is 0 Å². The number of hydrogen-bond acceptors (Lipinski definition) is 7. The zero-order chi connectivity index (χ0) is 28.2. The number of benzene rings is 2. The zero-order valence-corrected chi connectivity index (χ0v) is 22.8. The molecule has 0 aliphatic carbocycles.